The van der Waals surface area contributed by atoms with Gasteiger partial charge >= 0.3 is 6.08 Å². The molecule has 0 aromatic carbocycles. The first-order chi connectivity index (χ1) is 11.7. The van der Waals surface area contributed by atoms with Crippen molar-refractivity contribution in [3.63, 3.8) is 0 Å². The first-order valence-corrected chi connectivity index (χ1v) is 9.00. The lowest BCUT2D eigenvalue weighted by Crippen LogP contribution is -2.62. The van der Waals surface area contributed by atoms with Crippen LogP contribution in [0.15, 0.2) is 16.5 Å². The quantitative estimate of drug-likeness (QED) is 0.910. The van der Waals surface area contributed by atoms with Crippen LogP contribution in [0.4, 0.5) is 0 Å². The van der Waals surface area contributed by atoms with Crippen molar-refractivity contribution in [2.24, 2.45) is 5.92 Å². The second-order valence-corrected chi connectivity index (χ2v) is 7.44. The highest BCUT2D eigenvalue weighted by atomic mass is 32.1. The third-order valence-electron chi connectivity index (χ3n) is 5.10. The summed E-state index contributed by atoms with van der Waals surface area (Å²) in [5.74, 6) is 0.934. The summed E-state index contributed by atoms with van der Waals surface area (Å²) in [6.07, 6.45) is 2.46. The van der Waals surface area contributed by atoms with E-state index in [-0.39, 0.29) is 18.0 Å². The van der Waals surface area contributed by atoms with Gasteiger partial charge in [-0.15, -0.1) is 16.4 Å². The van der Waals surface area contributed by atoms with E-state index in [1.807, 2.05) is 6.07 Å². The Morgan fingerprint density at radius 2 is 2.17 bits per heavy atom. The summed E-state index contributed by atoms with van der Waals surface area (Å²) in [4.78, 5) is 16.5. The molecule has 3 saturated heterocycles. The zero-order valence-electron chi connectivity index (χ0n) is 13.7. The molecule has 1 N–H and O–H groups in total. The molecule has 0 radical (unpaired) electrons. The van der Waals surface area contributed by atoms with Crippen molar-refractivity contribution < 1.29 is 13.9 Å². The normalized spacial score (nSPS) is 28.8. The Labute approximate surface area is 144 Å². The van der Waals surface area contributed by atoms with Gasteiger partial charge < -0.3 is 14.5 Å². The Morgan fingerprint density at radius 1 is 1.38 bits per heavy atom. The summed E-state index contributed by atoms with van der Waals surface area (Å²) < 4.78 is 10.2. The largest absolute Gasteiger partial charge is 0.452 e. The van der Waals surface area contributed by atoms with Gasteiger partial charge in [-0.1, -0.05) is 5.10 Å². The van der Waals surface area contributed by atoms with E-state index < -0.39 is 0 Å². The molecule has 5 rings (SSSR count). The van der Waals surface area contributed by atoms with Gasteiger partial charge in [-0.2, -0.15) is 0 Å². The predicted molar refractivity (Wildman–Crippen MR) is 89.2 cm³/mol. The van der Waals surface area contributed by atoms with Gasteiger partial charge in [0.25, 0.3) is 11.8 Å². The van der Waals surface area contributed by atoms with Crippen LogP contribution in [-0.4, -0.2) is 53.3 Å². The van der Waals surface area contributed by atoms with Gasteiger partial charge in [-0.05, 0) is 50.9 Å². The van der Waals surface area contributed by atoms with E-state index in [9.17, 15) is 4.79 Å². The van der Waals surface area contributed by atoms with Crippen LogP contribution in [0.2, 0.25) is 0 Å². The van der Waals surface area contributed by atoms with Crippen molar-refractivity contribution in [3.8, 4) is 16.8 Å². The van der Waals surface area contributed by atoms with E-state index >= 15 is 0 Å². The molecule has 2 aromatic heterocycles. The number of piperidine rings is 3. The number of hydrogen-bond donors (Lipinski definition) is 1. The smallest absolute Gasteiger partial charge is 0.414 e. The number of nitrogens with zero attached hydrogens (tertiary/aromatic N) is 3. The van der Waals surface area contributed by atoms with Crippen LogP contribution < -0.4 is 10.1 Å². The van der Waals surface area contributed by atoms with E-state index in [0.29, 0.717) is 22.7 Å². The molecular weight excluding hydrogens is 328 g/mol. The predicted octanol–water partition coefficient (Wildman–Crippen LogP) is 2.02. The van der Waals surface area contributed by atoms with Crippen molar-refractivity contribution in [2.75, 3.05) is 20.2 Å². The van der Waals surface area contributed by atoms with Gasteiger partial charge in [-0.25, -0.2) is 0 Å². The van der Waals surface area contributed by atoms with Gasteiger partial charge in [0.15, 0.2) is 0 Å². The Bertz CT molecular complexity index is 733. The summed E-state index contributed by atoms with van der Waals surface area (Å²) >= 11 is 1.35. The molecule has 2 bridgehead atoms. The highest BCUT2D eigenvalue weighted by Gasteiger charge is 2.40. The van der Waals surface area contributed by atoms with Crippen LogP contribution in [0.25, 0.3) is 10.8 Å². The molecule has 0 spiro atoms. The standard InChI is InChI=1S/C16H20N4O3S/c1-9-13(10-5-7-20(9)8-6-10)17-14(21)11-3-4-12(24-11)15-18-19-16(22-2)23-15/h3-4,9-10,13H,5-8H2,1-2H3,(H,17,21). The zero-order chi connectivity index (χ0) is 16.7. The summed E-state index contributed by atoms with van der Waals surface area (Å²) in [5.41, 5.74) is 0. The lowest BCUT2D eigenvalue weighted by Gasteiger charge is -2.49. The number of carbonyl (C=O) groups excluding carboxylic acids is 1. The van der Waals surface area contributed by atoms with E-state index in [1.54, 1.807) is 6.07 Å². The van der Waals surface area contributed by atoms with Gasteiger partial charge in [-0.3, -0.25) is 9.69 Å². The van der Waals surface area contributed by atoms with Crippen molar-refractivity contribution in [1.82, 2.24) is 20.4 Å². The minimum absolute atomic E-state index is 0.0247. The lowest BCUT2D eigenvalue weighted by atomic mass is 9.79. The number of fused-ring (bicyclic) bond motifs is 3. The Balaban J connectivity index is 1.47. The average molecular weight is 348 g/mol. The maximum atomic E-state index is 12.6. The molecule has 1 amide bonds. The third-order valence-corrected chi connectivity index (χ3v) is 6.17. The van der Waals surface area contributed by atoms with Crippen LogP contribution in [0.5, 0.6) is 6.08 Å². The molecule has 0 saturated carbocycles. The molecule has 24 heavy (non-hydrogen) atoms. The second-order valence-electron chi connectivity index (χ2n) is 6.35. The maximum Gasteiger partial charge on any atom is 0.414 e. The molecule has 2 unspecified atom stereocenters. The number of amides is 1. The van der Waals surface area contributed by atoms with Gasteiger partial charge in [0.1, 0.15) is 0 Å². The molecular formula is C16H20N4O3S. The fourth-order valence-electron chi connectivity index (χ4n) is 3.73. The number of carbonyl (C=O) groups is 1. The fraction of sp³-hybridized carbons (Fsp3) is 0.562. The van der Waals surface area contributed by atoms with E-state index in [0.717, 1.165) is 18.0 Å². The lowest BCUT2D eigenvalue weighted by molar-refractivity contribution is 0.0218. The number of rotatable bonds is 4. The molecule has 3 fully saturated rings. The van der Waals surface area contributed by atoms with Crippen LogP contribution in [0.3, 0.4) is 0 Å². The SMILES string of the molecule is COc1nnc(-c2ccc(C(=O)NC3C4CCN(CC4)C3C)s2)o1. The fourth-order valence-corrected chi connectivity index (χ4v) is 4.56. The summed E-state index contributed by atoms with van der Waals surface area (Å²) in [6, 6.07) is 4.26. The summed E-state index contributed by atoms with van der Waals surface area (Å²) in [6.45, 7) is 4.52. The van der Waals surface area contributed by atoms with Crippen molar-refractivity contribution in [2.45, 2.75) is 31.8 Å². The Kier molecular flexibility index (Phi) is 4.01. The molecule has 0 aliphatic carbocycles. The van der Waals surface area contributed by atoms with Crippen molar-refractivity contribution in [3.05, 3.63) is 17.0 Å². The second kappa shape index (κ2) is 6.18. The molecule has 128 valence electrons. The summed E-state index contributed by atoms with van der Waals surface area (Å²) in [7, 11) is 1.47. The minimum Gasteiger partial charge on any atom is -0.452 e. The van der Waals surface area contributed by atoms with Gasteiger partial charge in [0.05, 0.1) is 16.9 Å². The van der Waals surface area contributed by atoms with Crippen LogP contribution >= 0.6 is 11.3 Å². The highest BCUT2D eigenvalue weighted by molar-refractivity contribution is 7.17. The first kappa shape index (κ1) is 15.6. The van der Waals surface area contributed by atoms with Gasteiger partial charge in [0.2, 0.25) is 0 Å². The van der Waals surface area contributed by atoms with E-state index in [4.69, 9.17) is 9.15 Å². The molecule has 2 atom stereocenters. The monoisotopic (exact) mass is 348 g/mol. The minimum atomic E-state index is -0.0247. The zero-order valence-corrected chi connectivity index (χ0v) is 14.5. The van der Waals surface area contributed by atoms with E-state index in [1.165, 1.54) is 31.3 Å². The molecule has 2 aromatic rings. The molecule has 3 aliphatic rings. The number of hydrogen-bond acceptors (Lipinski definition) is 7. The summed E-state index contributed by atoms with van der Waals surface area (Å²) in [5, 5.41) is 10.9. The van der Waals surface area contributed by atoms with Crippen LogP contribution in [0.1, 0.15) is 29.4 Å². The van der Waals surface area contributed by atoms with E-state index in [2.05, 4.69) is 27.3 Å². The number of nitrogens with one attached hydrogen (secondary N) is 1. The molecule has 7 nitrogen and oxygen atoms in total. The highest BCUT2D eigenvalue weighted by Crippen LogP contribution is 2.33. The number of methoxy groups -OCH3 is 1. The average Bonchev–Trinajstić information content (AvgIpc) is 3.27. The molecule has 3 aliphatic heterocycles. The van der Waals surface area contributed by atoms with Crippen molar-refractivity contribution >= 4 is 17.2 Å². The third kappa shape index (κ3) is 2.69. The number of ether oxygens (including phenoxy) is 1. The van der Waals surface area contributed by atoms with Crippen molar-refractivity contribution in [1.29, 1.82) is 0 Å². The maximum absolute atomic E-state index is 12.6. The first-order valence-electron chi connectivity index (χ1n) is 8.18. The Morgan fingerprint density at radius 3 is 2.83 bits per heavy atom. The van der Waals surface area contributed by atoms with Gasteiger partial charge in [0, 0.05) is 12.1 Å². The topological polar surface area (TPSA) is 80.5 Å². The Hall–Kier alpha value is -1.93. The van der Waals surface area contributed by atoms with Crippen LogP contribution in [0, 0.1) is 5.92 Å². The molecule has 8 heteroatoms. The number of thiophene rings is 1. The van der Waals surface area contributed by atoms with Crippen LogP contribution in [-0.2, 0) is 0 Å². The number of aromatic nitrogens is 2. The molecule has 5 heterocycles.